The molecule has 0 aliphatic carbocycles. The van der Waals surface area contributed by atoms with E-state index in [2.05, 4.69) is 5.32 Å². The van der Waals surface area contributed by atoms with Crippen molar-refractivity contribution in [3.63, 3.8) is 0 Å². The summed E-state index contributed by atoms with van der Waals surface area (Å²) in [4.78, 5) is 36.1. The van der Waals surface area contributed by atoms with E-state index >= 15 is 0 Å². The minimum absolute atomic E-state index is 0.252. The van der Waals surface area contributed by atoms with Crippen LogP contribution in [0.3, 0.4) is 0 Å². The van der Waals surface area contributed by atoms with Crippen LogP contribution in [0.25, 0.3) is 0 Å². The lowest BCUT2D eigenvalue weighted by atomic mass is 9.95. The van der Waals surface area contributed by atoms with Gasteiger partial charge in [-0.25, -0.2) is 9.59 Å². The second-order valence-corrected chi connectivity index (χ2v) is 6.71. The topological polar surface area (TPSA) is 81.7 Å². The number of aryl methyl sites for hydroxylation is 2. The van der Waals surface area contributed by atoms with Crippen LogP contribution in [0.5, 0.6) is 0 Å². The number of hydrogen-bond donors (Lipinski definition) is 1. The largest absolute Gasteiger partial charge is 0.465 e. The summed E-state index contributed by atoms with van der Waals surface area (Å²) in [6.07, 6.45) is -0.649. The maximum atomic E-state index is 12.6. The van der Waals surface area contributed by atoms with Gasteiger partial charge in [0.25, 0.3) is 0 Å². The fourth-order valence-electron chi connectivity index (χ4n) is 2.19. The number of nitrogens with one attached hydrogen (secondary N) is 1. The van der Waals surface area contributed by atoms with Crippen molar-refractivity contribution in [1.82, 2.24) is 5.32 Å². The van der Waals surface area contributed by atoms with Crippen molar-refractivity contribution >= 4 is 17.8 Å². The number of benzene rings is 1. The average Bonchev–Trinajstić information content (AvgIpc) is 2.45. The van der Waals surface area contributed by atoms with E-state index in [0.29, 0.717) is 22.3 Å². The van der Waals surface area contributed by atoms with E-state index in [4.69, 9.17) is 9.47 Å². The summed E-state index contributed by atoms with van der Waals surface area (Å²) in [6, 6.07) is 2.51. The molecule has 0 radical (unpaired) electrons. The Bertz CT molecular complexity index is 658. The molecule has 0 aliphatic rings. The van der Waals surface area contributed by atoms with Crippen molar-refractivity contribution < 1.29 is 23.9 Å². The van der Waals surface area contributed by atoms with Gasteiger partial charge in [0.2, 0.25) is 0 Å². The summed E-state index contributed by atoms with van der Waals surface area (Å²) in [5.41, 5.74) is 1.51. The molecule has 1 rings (SSSR count). The second-order valence-electron chi connectivity index (χ2n) is 6.71. The summed E-state index contributed by atoms with van der Waals surface area (Å²) in [6.45, 7) is 10.3. The predicted molar refractivity (Wildman–Crippen MR) is 90.4 cm³/mol. The van der Waals surface area contributed by atoms with Crippen LogP contribution in [-0.2, 0) is 9.47 Å². The van der Waals surface area contributed by atoms with E-state index in [-0.39, 0.29) is 5.78 Å². The Labute approximate surface area is 142 Å². The van der Waals surface area contributed by atoms with Gasteiger partial charge in [-0.2, -0.15) is 0 Å². The molecule has 1 N–H and O–H groups in total. The van der Waals surface area contributed by atoms with Crippen LogP contribution in [0, 0.1) is 13.8 Å². The molecule has 1 atom stereocenters. The minimum atomic E-state index is -0.748. The summed E-state index contributed by atoms with van der Waals surface area (Å²) < 4.78 is 9.87. The quantitative estimate of drug-likeness (QED) is 0.675. The SMILES string of the molecule is COC(=O)c1cc(C)c(C(=O)C(C)NC(=O)OC(C)(C)C)cc1C. The number of ketones is 1. The molecule has 0 fully saturated rings. The van der Waals surface area contributed by atoms with Crippen molar-refractivity contribution in [2.45, 2.75) is 53.2 Å². The Hall–Kier alpha value is -2.37. The second kappa shape index (κ2) is 7.47. The first kappa shape index (κ1) is 19.7. The van der Waals surface area contributed by atoms with Gasteiger partial charge in [0.1, 0.15) is 5.60 Å². The lowest BCUT2D eigenvalue weighted by molar-refractivity contribution is 0.0496. The van der Waals surface area contributed by atoms with E-state index in [0.717, 1.165) is 0 Å². The Morgan fingerprint density at radius 2 is 1.54 bits per heavy atom. The number of alkyl carbamates (subject to hydrolysis) is 1. The molecule has 0 heterocycles. The molecule has 1 aromatic carbocycles. The Morgan fingerprint density at radius 3 is 2.04 bits per heavy atom. The van der Waals surface area contributed by atoms with Gasteiger partial charge < -0.3 is 14.8 Å². The van der Waals surface area contributed by atoms with Crippen LogP contribution in [-0.4, -0.2) is 36.6 Å². The van der Waals surface area contributed by atoms with Gasteiger partial charge in [-0.05, 0) is 64.8 Å². The van der Waals surface area contributed by atoms with Gasteiger partial charge >= 0.3 is 12.1 Å². The van der Waals surface area contributed by atoms with Gasteiger partial charge in [-0.1, -0.05) is 0 Å². The first-order chi connectivity index (χ1) is 11.0. The highest BCUT2D eigenvalue weighted by molar-refractivity contribution is 6.03. The van der Waals surface area contributed by atoms with Gasteiger partial charge in [-0.3, -0.25) is 4.79 Å². The zero-order valence-electron chi connectivity index (χ0n) is 15.3. The maximum absolute atomic E-state index is 12.6. The Morgan fingerprint density at radius 1 is 1.04 bits per heavy atom. The molecule has 24 heavy (non-hydrogen) atoms. The molecule has 0 saturated carbocycles. The fraction of sp³-hybridized carbons (Fsp3) is 0.500. The maximum Gasteiger partial charge on any atom is 0.408 e. The number of Topliss-reactive ketones (excluding diaryl/α,β-unsaturated/α-hetero) is 1. The van der Waals surface area contributed by atoms with Gasteiger partial charge in [0.05, 0.1) is 18.7 Å². The van der Waals surface area contributed by atoms with Gasteiger partial charge in [0, 0.05) is 5.56 Å². The van der Waals surface area contributed by atoms with Crippen LogP contribution in [0.1, 0.15) is 59.5 Å². The third-order valence-electron chi connectivity index (χ3n) is 3.37. The molecule has 6 nitrogen and oxygen atoms in total. The van der Waals surface area contributed by atoms with Gasteiger partial charge in [-0.15, -0.1) is 0 Å². The molecule has 132 valence electrons. The highest BCUT2D eigenvalue weighted by Crippen LogP contribution is 2.19. The van der Waals surface area contributed by atoms with Crippen LogP contribution in [0.15, 0.2) is 12.1 Å². The molecule has 0 bridgehead atoms. The number of hydrogen-bond acceptors (Lipinski definition) is 5. The number of amides is 1. The summed E-state index contributed by atoms with van der Waals surface area (Å²) in [5, 5.41) is 2.53. The monoisotopic (exact) mass is 335 g/mol. The fourth-order valence-corrected chi connectivity index (χ4v) is 2.19. The molecule has 0 saturated heterocycles. The van der Waals surface area contributed by atoms with Crippen molar-refractivity contribution in [2.24, 2.45) is 0 Å². The molecule has 0 spiro atoms. The van der Waals surface area contributed by atoms with Crippen molar-refractivity contribution in [2.75, 3.05) is 7.11 Å². The van der Waals surface area contributed by atoms with Crippen molar-refractivity contribution in [1.29, 1.82) is 0 Å². The Balaban J connectivity index is 2.97. The van der Waals surface area contributed by atoms with Crippen LogP contribution >= 0.6 is 0 Å². The highest BCUT2D eigenvalue weighted by Gasteiger charge is 2.24. The molecule has 6 heteroatoms. The molecular formula is C18H25NO5. The summed E-state index contributed by atoms with van der Waals surface area (Å²) in [7, 11) is 1.31. The smallest absolute Gasteiger partial charge is 0.408 e. The number of carbonyl (C=O) groups excluding carboxylic acids is 3. The summed E-state index contributed by atoms with van der Waals surface area (Å²) >= 11 is 0. The number of methoxy groups -OCH3 is 1. The lowest BCUT2D eigenvalue weighted by Gasteiger charge is -2.22. The van der Waals surface area contributed by atoms with Crippen LogP contribution in [0.2, 0.25) is 0 Å². The normalized spacial score (nSPS) is 12.3. The average molecular weight is 335 g/mol. The predicted octanol–water partition coefficient (Wildman–Crippen LogP) is 3.19. The number of esters is 1. The zero-order valence-corrected chi connectivity index (χ0v) is 15.3. The molecular weight excluding hydrogens is 310 g/mol. The molecule has 0 aromatic heterocycles. The van der Waals surface area contributed by atoms with E-state index in [1.54, 1.807) is 53.7 Å². The third-order valence-corrected chi connectivity index (χ3v) is 3.37. The van der Waals surface area contributed by atoms with E-state index in [9.17, 15) is 14.4 Å². The number of carbonyl (C=O) groups is 3. The first-order valence-electron chi connectivity index (χ1n) is 7.69. The highest BCUT2D eigenvalue weighted by atomic mass is 16.6. The zero-order chi connectivity index (χ0) is 18.7. The minimum Gasteiger partial charge on any atom is -0.465 e. The molecule has 1 aromatic rings. The van der Waals surface area contributed by atoms with E-state index < -0.39 is 23.7 Å². The molecule has 1 unspecified atom stereocenters. The van der Waals surface area contributed by atoms with Crippen molar-refractivity contribution in [3.05, 3.63) is 34.4 Å². The first-order valence-corrected chi connectivity index (χ1v) is 7.69. The van der Waals surface area contributed by atoms with Crippen molar-refractivity contribution in [3.8, 4) is 0 Å². The Kier molecular flexibility index (Phi) is 6.12. The van der Waals surface area contributed by atoms with Gasteiger partial charge in [0.15, 0.2) is 5.78 Å². The summed E-state index contributed by atoms with van der Waals surface area (Å²) in [5.74, 6) is -0.701. The number of ether oxygens (including phenoxy) is 2. The lowest BCUT2D eigenvalue weighted by Crippen LogP contribution is -2.41. The molecule has 0 aliphatic heterocycles. The standard InChI is InChI=1S/C18H25NO5/c1-10-9-14(16(21)23-7)11(2)8-13(10)15(20)12(3)19-17(22)24-18(4,5)6/h8-9,12H,1-7H3,(H,19,22). The van der Waals surface area contributed by atoms with E-state index in [1.165, 1.54) is 7.11 Å². The van der Waals surface area contributed by atoms with E-state index in [1.807, 2.05) is 0 Å². The van der Waals surface area contributed by atoms with Crippen LogP contribution < -0.4 is 5.32 Å². The third kappa shape index (κ3) is 5.08. The van der Waals surface area contributed by atoms with Crippen LogP contribution in [0.4, 0.5) is 4.79 Å². The molecule has 1 amide bonds. The number of rotatable bonds is 4.